The zero-order valence-electron chi connectivity index (χ0n) is 23.2. The first-order chi connectivity index (χ1) is 19.1. The Morgan fingerprint density at radius 2 is 1.93 bits per heavy atom. The third-order valence-electron chi connectivity index (χ3n) is 6.79. The molecule has 0 saturated carbocycles. The van der Waals surface area contributed by atoms with E-state index in [0.29, 0.717) is 12.0 Å². The number of rotatable bonds is 6. The summed E-state index contributed by atoms with van der Waals surface area (Å²) in [5, 5.41) is 5.94. The van der Waals surface area contributed by atoms with Crippen molar-refractivity contribution in [3.05, 3.63) is 33.8 Å². The second-order valence-corrected chi connectivity index (χ2v) is 12.0. The molecule has 0 bridgehead atoms. The molecule has 1 fully saturated rings. The van der Waals surface area contributed by atoms with Crippen molar-refractivity contribution in [3.8, 4) is 11.4 Å². The minimum Gasteiger partial charge on any atom is -0.444 e. The topological polar surface area (TPSA) is 122 Å². The molecule has 0 radical (unpaired) electrons. The predicted octanol–water partition coefficient (Wildman–Crippen LogP) is 4.18. The number of fused-ring (bicyclic) bond motifs is 1. The highest BCUT2D eigenvalue weighted by molar-refractivity contribution is 7.08. The van der Waals surface area contributed by atoms with Crippen molar-refractivity contribution >= 4 is 35.2 Å². The zero-order chi connectivity index (χ0) is 30.1. The number of carbonyl (C=O) groups is 4. The van der Waals surface area contributed by atoms with Gasteiger partial charge in [0.05, 0.1) is 18.3 Å². The fraction of sp³-hybridized carbons (Fsp3) is 0.556. The van der Waals surface area contributed by atoms with Crippen LogP contribution in [0.3, 0.4) is 0 Å². The Balaban J connectivity index is 1.56. The Kier molecular flexibility index (Phi) is 8.71. The first kappa shape index (κ1) is 30.4. The van der Waals surface area contributed by atoms with E-state index in [1.807, 2.05) is 0 Å². The van der Waals surface area contributed by atoms with Crippen LogP contribution in [0.1, 0.15) is 63.9 Å². The molecule has 41 heavy (non-hydrogen) atoms. The fourth-order valence-electron chi connectivity index (χ4n) is 4.77. The van der Waals surface area contributed by atoms with E-state index >= 15 is 0 Å². The van der Waals surface area contributed by atoms with Gasteiger partial charge in [-0.15, -0.1) is 0 Å². The number of hydrogen-bond donors (Lipinski definition) is 1. The number of hydrogen-bond acceptors (Lipinski definition) is 8. The molecule has 1 saturated heterocycles. The number of nitrogens with one attached hydrogen (secondary N) is 1. The van der Waals surface area contributed by atoms with Crippen molar-refractivity contribution in [2.75, 3.05) is 13.1 Å². The first-order valence-electron chi connectivity index (χ1n) is 13.2. The lowest BCUT2D eigenvalue weighted by atomic mass is 9.97. The molecule has 2 aromatic heterocycles. The molecule has 2 aromatic rings. The molecule has 1 N–H and O–H groups in total. The standard InChI is InChI=1S/C27H32F3N5O5S/c1-15-5-6-20(36)35(24(15)38)12-17(31-25(39)40-26(2,3)4)11-21(37)34-9-7-18-19(13-34)32-23(16-8-10-41-14-16)33-22(18)27(28,29)30/h8,10,14-15,17H,5-7,9,11-13H2,1-4H3,(H,31,39)/t15?,17-/m0/s1. The van der Waals surface area contributed by atoms with E-state index in [0.717, 1.165) is 4.90 Å². The van der Waals surface area contributed by atoms with E-state index in [1.165, 1.54) is 16.2 Å². The monoisotopic (exact) mass is 595 g/mol. The Morgan fingerprint density at radius 1 is 1.20 bits per heavy atom. The molecule has 1 unspecified atom stereocenters. The van der Waals surface area contributed by atoms with Crippen LogP contribution in [0.2, 0.25) is 0 Å². The summed E-state index contributed by atoms with van der Waals surface area (Å²) in [5.41, 5.74) is -1.37. The highest BCUT2D eigenvalue weighted by Gasteiger charge is 2.40. The van der Waals surface area contributed by atoms with Crippen molar-refractivity contribution in [2.45, 2.75) is 77.7 Å². The van der Waals surface area contributed by atoms with Gasteiger partial charge in [-0.2, -0.15) is 24.5 Å². The molecule has 0 aromatic carbocycles. The molecule has 4 amide bonds. The number of thiophene rings is 1. The summed E-state index contributed by atoms with van der Waals surface area (Å²) in [6, 6.07) is 0.643. The summed E-state index contributed by atoms with van der Waals surface area (Å²) in [6.07, 6.45) is -5.36. The minimum absolute atomic E-state index is 0.0200. The summed E-state index contributed by atoms with van der Waals surface area (Å²) < 4.78 is 47.0. The quantitative estimate of drug-likeness (QED) is 0.498. The minimum atomic E-state index is -4.70. The molecule has 2 aliphatic heterocycles. The second-order valence-electron chi connectivity index (χ2n) is 11.2. The van der Waals surface area contributed by atoms with E-state index in [9.17, 15) is 32.3 Å². The highest BCUT2D eigenvalue weighted by Crippen LogP contribution is 2.35. The fourth-order valence-corrected chi connectivity index (χ4v) is 5.41. The number of piperidine rings is 1. The summed E-state index contributed by atoms with van der Waals surface area (Å²) in [6.45, 7) is 6.26. The van der Waals surface area contributed by atoms with Crippen molar-refractivity contribution in [2.24, 2.45) is 5.92 Å². The second kappa shape index (κ2) is 11.7. The van der Waals surface area contributed by atoms with Crippen molar-refractivity contribution < 1.29 is 37.1 Å². The zero-order valence-corrected chi connectivity index (χ0v) is 24.0. The van der Waals surface area contributed by atoms with E-state index in [1.54, 1.807) is 44.5 Å². The van der Waals surface area contributed by atoms with Gasteiger partial charge in [0, 0.05) is 48.4 Å². The van der Waals surface area contributed by atoms with Crippen LogP contribution in [0.5, 0.6) is 0 Å². The van der Waals surface area contributed by atoms with Gasteiger partial charge in [0.25, 0.3) is 0 Å². The van der Waals surface area contributed by atoms with Gasteiger partial charge in [0.1, 0.15) is 5.60 Å². The number of alkyl halides is 3. The Hall–Kier alpha value is -3.55. The summed E-state index contributed by atoms with van der Waals surface area (Å²) >= 11 is 1.30. The molecule has 14 heteroatoms. The van der Waals surface area contributed by atoms with E-state index < -0.39 is 47.3 Å². The van der Waals surface area contributed by atoms with E-state index in [4.69, 9.17) is 4.74 Å². The van der Waals surface area contributed by atoms with Crippen LogP contribution in [-0.2, 0) is 38.3 Å². The van der Waals surface area contributed by atoms with Crippen molar-refractivity contribution in [1.29, 1.82) is 0 Å². The smallest absolute Gasteiger partial charge is 0.433 e. The maximum Gasteiger partial charge on any atom is 0.433 e. The molecule has 4 heterocycles. The van der Waals surface area contributed by atoms with Gasteiger partial charge >= 0.3 is 12.3 Å². The number of ether oxygens (including phenoxy) is 1. The molecular weight excluding hydrogens is 563 g/mol. The molecule has 4 rings (SSSR count). The third kappa shape index (κ3) is 7.40. The lowest BCUT2D eigenvalue weighted by Crippen LogP contribution is -2.53. The van der Waals surface area contributed by atoms with Crippen LogP contribution >= 0.6 is 11.3 Å². The SMILES string of the molecule is CC1CCC(=O)N(C[C@H](CC(=O)N2CCc3c(nc(-c4ccsc4)nc3C(F)(F)F)C2)NC(=O)OC(C)(C)C)C1=O. The lowest BCUT2D eigenvalue weighted by Gasteiger charge is -2.34. The van der Waals surface area contributed by atoms with Crippen LogP contribution in [0.15, 0.2) is 16.8 Å². The number of imide groups is 1. The summed E-state index contributed by atoms with van der Waals surface area (Å²) in [7, 11) is 0. The molecule has 222 valence electrons. The van der Waals surface area contributed by atoms with Gasteiger partial charge in [-0.1, -0.05) is 6.92 Å². The Bertz CT molecular complexity index is 1330. The highest BCUT2D eigenvalue weighted by atomic mass is 32.1. The molecule has 2 aliphatic rings. The van der Waals surface area contributed by atoms with Gasteiger partial charge in [-0.25, -0.2) is 14.8 Å². The average Bonchev–Trinajstić information content (AvgIpc) is 3.41. The van der Waals surface area contributed by atoms with Gasteiger partial charge in [0.2, 0.25) is 17.7 Å². The van der Waals surface area contributed by atoms with Crippen LogP contribution in [-0.4, -0.2) is 68.3 Å². The number of alkyl carbamates (subject to hydrolysis) is 1. The van der Waals surface area contributed by atoms with Gasteiger partial charge in [-0.05, 0) is 45.1 Å². The maximum absolute atomic E-state index is 13.9. The largest absolute Gasteiger partial charge is 0.444 e. The van der Waals surface area contributed by atoms with E-state index in [-0.39, 0.29) is 61.9 Å². The Morgan fingerprint density at radius 3 is 2.56 bits per heavy atom. The van der Waals surface area contributed by atoms with Crippen LogP contribution in [0.4, 0.5) is 18.0 Å². The molecule has 10 nitrogen and oxygen atoms in total. The molecular formula is C27H32F3N5O5S. The van der Waals surface area contributed by atoms with Gasteiger partial charge in [-0.3, -0.25) is 19.3 Å². The average molecular weight is 596 g/mol. The number of amides is 4. The van der Waals surface area contributed by atoms with Crippen molar-refractivity contribution in [1.82, 2.24) is 25.1 Å². The molecule has 2 atom stereocenters. The van der Waals surface area contributed by atoms with Crippen molar-refractivity contribution in [3.63, 3.8) is 0 Å². The normalized spacial score (nSPS) is 18.7. The number of nitrogens with zero attached hydrogens (tertiary/aromatic N) is 4. The lowest BCUT2D eigenvalue weighted by molar-refractivity contribution is -0.152. The van der Waals surface area contributed by atoms with E-state index in [2.05, 4.69) is 15.3 Å². The Labute approximate surface area is 239 Å². The van der Waals surface area contributed by atoms with Crippen LogP contribution in [0.25, 0.3) is 11.4 Å². The number of likely N-dealkylation sites (tertiary alicyclic amines) is 1. The third-order valence-corrected chi connectivity index (χ3v) is 7.47. The van der Waals surface area contributed by atoms with Gasteiger partial charge in [0.15, 0.2) is 11.5 Å². The predicted molar refractivity (Wildman–Crippen MR) is 142 cm³/mol. The number of carbonyl (C=O) groups excluding carboxylic acids is 4. The summed E-state index contributed by atoms with van der Waals surface area (Å²) in [4.78, 5) is 61.8. The molecule has 0 spiro atoms. The first-order valence-corrected chi connectivity index (χ1v) is 14.2. The van der Waals surface area contributed by atoms with Gasteiger partial charge < -0.3 is 15.0 Å². The summed E-state index contributed by atoms with van der Waals surface area (Å²) in [5.74, 6) is -1.74. The number of aromatic nitrogens is 2. The van der Waals surface area contributed by atoms with Crippen LogP contribution < -0.4 is 5.32 Å². The molecule has 0 aliphatic carbocycles. The maximum atomic E-state index is 13.9. The number of halogens is 3. The van der Waals surface area contributed by atoms with Crippen LogP contribution in [0, 0.1) is 5.92 Å².